The van der Waals surface area contributed by atoms with Crippen molar-refractivity contribution in [1.82, 2.24) is 10.3 Å². The second-order valence-electron chi connectivity index (χ2n) is 4.57. The van der Waals surface area contributed by atoms with E-state index in [9.17, 15) is 4.79 Å². The lowest BCUT2D eigenvalue weighted by Crippen LogP contribution is -2.27. The third-order valence-electron chi connectivity index (χ3n) is 2.54. The van der Waals surface area contributed by atoms with Crippen LogP contribution in [0.25, 0.3) is 0 Å². The monoisotopic (exact) mass is 297 g/mol. The standard InChI is InChI=1S/C14H23N3O2S/c1-5-17(12(4)18)14-16-13(10-20-14)8-15-6-7-19-9-11(2)3/h10,15H,2,5-9H2,1,3-4H3. The zero-order valence-electron chi connectivity index (χ0n) is 12.4. The minimum Gasteiger partial charge on any atom is -0.376 e. The third-order valence-corrected chi connectivity index (χ3v) is 3.46. The Morgan fingerprint density at radius 1 is 1.55 bits per heavy atom. The Bertz CT molecular complexity index is 445. The van der Waals surface area contributed by atoms with E-state index >= 15 is 0 Å². The number of ether oxygens (including phenoxy) is 1. The maximum atomic E-state index is 11.4. The molecule has 20 heavy (non-hydrogen) atoms. The molecule has 0 radical (unpaired) electrons. The molecule has 0 unspecified atom stereocenters. The Hall–Kier alpha value is -1.24. The summed E-state index contributed by atoms with van der Waals surface area (Å²) in [6.07, 6.45) is 0. The summed E-state index contributed by atoms with van der Waals surface area (Å²) >= 11 is 1.49. The summed E-state index contributed by atoms with van der Waals surface area (Å²) in [5.41, 5.74) is 1.97. The maximum Gasteiger partial charge on any atom is 0.225 e. The van der Waals surface area contributed by atoms with Gasteiger partial charge in [-0.05, 0) is 13.8 Å². The summed E-state index contributed by atoms with van der Waals surface area (Å²) in [4.78, 5) is 17.6. The molecule has 0 bridgehead atoms. The number of carbonyl (C=O) groups is 1. The van der Waals surface area contributed by atoms with Crippen LogP contribution in [0.3, 0.4) is 0 Å². The predicted octanol–water partition coefficient (Wildman–Crippen LogP) is 2.20. The number of carbonyl (C=O) groups excluding carboxylic acids is 1. The highest BCUT2D eigenvalue weighted by Gasteiger charge is 2.12. The van der Waals surface area contributed by atoms with Crippen molar-refractivity contribution in [2.75, 3.05) is 31.2 Å². The van der Waals surface area contributed by atoms with Crippen LogP contribution in [0.15, 0.2) is 17.5 Å². The molecule has 0 atom stereocenters. The van der Waals surface area contributed by atoms with Crippen LogP contribution >= 0.6 is 11.3 Å². The van der Waals surface area contributed by atoms with Gasteiger partial charge in [0.1, 0.15) is 0 Å². The normalized spacial score (nSPS) is 10.6. The average molecular weight is 297 g/mol. The van der Waals surface area contributed by atoms with E-state index in [1.165, 1.54) is 11.3 Å². The number of anilines is 1. The summed E-state index contributed by atoms with van der Waals surface area (Å²) in [6, 6.07) is 0. The van der Waals surface area contributed by atoms with Gasteiger partial charge in [0.25, 0.3) is 0 Å². The van der Waals surface area contributed by atoms with Gasteiger partial charge < -0.3 is 10.1 Å². The first-order valence-electron chi connectivity index (χ1n) is 6.70. The molecule has 0 saturated heterocycles. The van der Waals surface area contributed by atoms with Gasteiger partial charge in [-0.25, -0.2) is 4.98 Å². The molecule has 0 spiro atoms. The molecule has 1 amide bonds. The van der Waals surface area contributed by atoms with Crippen LogP contribution < -0.4 is 10.2 Å². The molecule has 0 saturated carbocycles. The van der Waals surface area contributed by atoms with Crippen molar-refractivity contribution in [3.05, 3.63) is 23.2 Å². The van der Waals surface area contributed by atoms with Gasteiger partial charge in [-0.1, -0.05) is 12.2 Å². The fourth-order valence-electron chi connectivity index (χ4n) is 1.60. The SMILES string of the molecule is C=C(C)COCCNCc1csc(N(CC)C(C)=O)n1. The second kappa shape index (κ2) is 8.84. The number of amides is 1. The van der Waals surface area contributed by atoms with Gasteiger partial charge in [-0.15, -0.1) is 11.3 Å². The zero-order chi connectivity index (χ0) is 15.0. The lowest BCUT2D eigenvalue weighted by molar-refractivity contribution is -0.116. The van der Waals surface area contributed by atoms with E-state index in [0.717, 1.165) is 22.9 Å². The highest BCUT2D eigenvalue weighted by atomic mass is 32.1. The highest BCUT2D eigenvalue weighted by molar-refractivity contribution is 7.14. The topological polar surface area (TPSA) is 54.5 Å². The van der Waals surface area contributed by atoms with Gasteiger partial charge in [0.2, 0.25) is 5.91 Å². The van der Waals surface area contributed by atoms with Crippen LogP contribution in [-0.4, -0.2) is 37.2 Å². The third kappa shape index (κ3) is 5.81. The number of nitrogens with zero attached hydrogens (tertiary/aromatic N) is 2. The molecular formula is C14H23N3O2S. The maximum absolute atomic E-state index is 11.4. The summed E-state index contributed by atoms with van der Waals surface area (Å²) in [5.74, 6) is 0.0227. The number of hydrogen-bond donors (Lipinski definition) is 1. The van der Waals surface area contributed by atoms with Crippen molar-refractivity contribution < 1.29 is 9.53 Å². The first-order chi connectivity index (χ1) is 9.54. The van der Waals surface area contributed by atoms with Gasteiger partial charge in [-0.2, -0.15) is 0 Å². The minimum atomic E-state index is 0.0227. The number of thiazole rings is 1. The number of nitrogens with one attached hydrogen (secondary N) is 1. The van der Waals surface area contributed by atoms with Gasteiger partial charge in [-0.3, -0.25) is 9.69 Å². The molecule has 1 aromatic rings. The molecular weight excluding hydrogens is 274 g/mol. The second-order valence-corrected chi connectivity index (χ2v) is 5.41. The zero-order valence-corrected chi connectivity index (χ0v) is 13.3. The molecule has 112 valence electrons. The van der Waals surface area contributed by atoms with E-state index in [-0.39, 0.29) is 5.91 Å². The van der Waals surface area contributed by atoms with Crippen molar-refractivity contribution in [3.8, 4) is 0 Å². The first-order valence-corrected chi connectivity index (χ1v) is 7.58. The van der Waals surface area contributed by atoms with Gasteiger partial charge >= 0.3 is 0 Å². The van der Waals surface area contributed by atoms with Crippen LogP contribution in [0.4, 0.5) is 5.13 Å². The summed E-state index contributed by atoms with van der Waals surface area (Å²) in [6.45, 7) is 12.6. The van der Waals surface area contributed by atoms with Crippen LogP contribution in [0.5, 0.6) is 0 Å². The Balaban J connectivity index is 2.30. The van der Waals surface area contributed by atoms with Crippen molar-refractivity contribution >= 4 is 22.4 Å². The molecule has 6 heteroatoms. The molecule has 0 aliphatic heterocycles. The summed E-state index contributed by atoms with van der Waals surface area (Å²) in [5, 5.41) is 6.00. The van der Waals surface area contributed by atoms with Crippen LogP contribution in [-0.2, 0) is 16.1 Å². The van der Waals surface area contributed by atoms with E-state index in [1.54, 1.807) is 11.8 Å². The molecule has 0 aromatic carbocycles. The number of hydrogen-bond acceptors (Lipinski definition) is 5. The summed E-state index contributed by atoms with van der Waals surface area (Å²) in [7, 11) is 0. The van der Waals surface area contributed by atoms with E-state index in [2.05, 4.69) is 16.9 Å². The Kier molecular flexibility index (Phi) is 7.43. The number of aromatic nitrogens is 1. The molecule has 1 heterocycles. The van der Waals surface area contributed by atoms with Crippen molar-refractivity contribution in [2.24, 2.45) is 0 Å². The first kappa shape index (κ1) is 16.8. The lowest BCUT2D eigenvalue weighted by atomic mass is 10.4. The van der Waals surface area contributed by atoms with E-state index in [4.69, 9.17) is 4.74 Å². The predicted molar refractivity (Wildman–Crippen MR) is 83.2 cm³/mol. The Labute approximate surface area is 124 Å². The van der Waals surface area contributed by atoms with Gasteiger partial charge in [0, 0.05) is 31.9 Å². The van der Waals surface area contributed by atoms with E-state index < -0.39 is 0 Å². The lowest BCUT2D eigenvalue weighted by Gasteiger charge is -2.14. The van der Waals surface area contributed by atoms with Crippen molar-refractivity contribution in [1.29, 1.82) is 0 Å². The van der Waals surface area contributed by atoms with Crippen LogP contribution in [0, 0.1) is 0 Å². The average Bonchev–Trinajstić information content (AvgIpc) is 2.82. The van der Waals surface area contributed by atoms with E-state index in [1.807, 2.05) is 19.2 Å². The molecule has 5 nitrogen and oxygen atoms in total. The highest BCUT2D eigenvalue weighted by Crippen LogP contribution is 2.20. The fourth-order valence-corrected chi connectivity index (χ4v) is 2.53. The fraction of sp³-hybridized carbons (Fsp3) is 0.571. The van der Waals surface area contributed by atoms with Crippen molar-refractivity contribution in [3.63, 3.8) is 0 Å². The molecule has 1 rings (SSSR count). The molecule has 0 aliphatic rings. The minimum absolute atomic E-state index is 0.0227. The van der Waals surface area contributed by atoms with E-state index in [0.29, 0.717) is 26.3 Å². The van der Waals surface area contributed by atoms with Gasteiger partial charge in [0.05, 0.1) is 18.9 Å². The largest absolute Gasteiger partial charge is 0.376 e. The van der Waals surface area contributed by atoms with Gasteiger partial charge in [0.15, 0.2) is 5.13 Å². The smallest absolute Gasteiger partial charge is 0.225 e. The van der Waals surface area contributed by atoms with Crippen LogP contribution in [0.1, 0.15) is 26.5 Å². The summed E-state index contributed by atoms with van der Waals surface area (Å²) < 4.78 is 5.39. The van der Waals surface area contributed by atoms with Crippen molar-refractivity contribution in [2.45, 2.75) is 27.3 Å². The Morgan fingerprint density at radius 2 is 2.30 bits per heavy atom. The number of rotatable bonds is 9. The molecule has 1 N–H and O–H groups in total. The quantitative estimate of drug-likeness (QED) is 0.561. The Morgan fingerprint density at radius 3 is 2.90 bits per heavy atom. The molecule has 0 fully saturated rings. The van der Waals surface area contributed by atoms with Crippen LogP contribution in [0.2, 0.25) is 0 Å². The molecule has 1 aromatic heterocycles. The molecule has 0 aliphatic carbocycles.